The minimum atomic E-state index is -0.280. The minimum absolute atomic E-state index is 0.0843. The second-order valence-electron chi connectivity index (χ2n) is 6.14. The maximum Gasteiger partial charge on any atom is 0.233 e. The summed E-state index contributed by atoms with van der Waals surface area (Å²) in [6.45, 7) is 6.58. The lowest BCUT2D eigenvalue weighted by Gasteiger charge is -2.34. The Labute approximate surface area is 125 Å². The van der Waals surface area contributed by atoms with Crippen LogP contribution in [-0.4, -0.2) is 18.9 Å². The Morgan fingerprint density at radius 3 is 2.38 bits per heavy atom. The number of amides is 2. The zero-order valence-corrected chi connectivity index (χ0v) is 13.0. The van der Waals surface area contributed by atoms with Crippen LogP contribution in [0.15, 0.2) is 18.2 Å². The fourth-order valence-corrected chi connectivity index (χ4v) is 2.70. The Kier molecular flexibility index (Phi) is 4.32. The van der Waals surface area contributed by atoms with Crippen molar-refractivity contribution in [1.29, 1.82) is 0 Å². The molecule has 0 aliphatic carbocycles. The van der Waals surface area contributed by atoms with E-state index in [0.29, 0.717) is 11.4 Å². The van der Waals surface area contributed by atoms with Crippen LogP contribution in [0, 0.1) is 5.41 Å². The third kappa shape index (κ3) is 3.24. The normalized spacial score (nSPS) is 16.6. The van der Waals surface area contributed by atoms with Gasteiger partial charge in [-0.2, -0.15) is 0 Å². The smallest absolute Gasteiger partial charge is 0.233 e. The predicted molar refractivity (Wildman–Crippen MR) is 84.2 cm³/mol. The summed E-state index contributed by atoms with van der Waals surface area (Å²) in [5.74, 6) is -0.558. The molecule has 5 nitrogen and oxygen atoms in total. The fourth-order valence-electron chi connectivity index (χ4n) is 2.70. The van der Waals surface area contributed by atoms with Crippen molar-refractivity contribution in [2.24, 2.45) is 5.41 Å². The van der Waals surface area contributed by atoms with Crippen LogP contribution in [0.1, 0.15) is 45.2 Å². The molecule has 21 heavy (non-hydrogen) atoms. The van der Waals surface area contributed by atoms with Gasteiger partial charge in [0.25, 0.3) is 0 Å². The van der Waals surface area contributed by atoms with E-state index in [9.17, 15) is 9.59 Å². The molecule has 1 aromatic rings. The van der Waals surface area contributed by atoms with Crippen LogP contribution in [0.25, 0.3) is 0 Å². The average molecular weight is 289 g/mol. The highest BCUT2D eigenvalue weighted by Gasteiger charge is 2.29. The van der Waals surface area contributed by atoms with Gasteiger partial charge in [0, 0.05) is 6.04 Å². The Hall–Kier alpha value is -1.88. The molecule has 1 atom stereocenters. The van der Waals surface area contributed by atoms with E-state index in [1.54, 1.807) is 0 Å². The summed E-state index contributed by atoms with van der Waals surface area (Å²) in [5.41, 5.74) is 2.50. The largest absolute Gasteiger partial charge is 0.324 e. The van der Waals surface area contributed by atoms with Crippen LogP contribution < -0.4 is 16.0 Å². The molecule has 1 aliphatic rings. The zero-order chi connectivity index (χ0) is 15.6. The highest BCUT2D eigenvalue weighted by atomic mass is 16.2. The molecule has 1 aliphatic heterocycles. The molecular weight excluding hydrogens is 266 g/mol. The van der Waals surface area contributed by atoms with Crippen LogP contribution >= 0.6 is 0 Å². The number of benzene rings is 1. The monoisotopic (exact) mass is 289 g/mol. The summed E-state index contributed by atoms with van der Waals surface area (Å²) in [5, 5.41) is 8.89. The van der Waals surface area contributed by atoms with Crippen molar-refractivity contribution in [2.75, 3.05) is 17.7 Å². The summed E-state index contributed by atoms with van der Waals surface area (Å²) in [7, 11) is 1.94. The molecule has 0 aromatic heterocycles. The average Bonchev–Trinajstić information content (AvgIpc) is 2.55. The van der Waals surface area contributed by atoms with Gasteiger partial charge in [-0.05, 0) is 36.6 Å². The van der Waals surface area contributed by atoms with Gasteiger partial charge in [-0.3, -0.25) is 9.59 Å². The molecule has 0 radical (unpaired) electrons. The van der Waals surface area contributed by atoms with E-state index < -0.39 is 0 Å². The molecule has 114 valence electrons. The molecule has 1 aromatic carbocycles. The quantitative estimate of drug-likeness (QED) is 0.746. The Balaban J connectivity index is 2.40. The van der Waals surface area contributed by atoms with Gasteiger partial charge in [0.1, 0.15) is 6.42 Å². The predicted octanol–water partition coefficient (Wildman–Crippen LogP) is 2.66. The zero-order valence-electron chi connectivity index (χ0n) is 13.0. The number of hydrogen-bond donors (Lipinski definition) is 3. The summed E-state index contributed by atoms with van der Waals surface area (Å²) < 4.78 is 0. The number of rotatable bonds is 4. The number of hydrogen-bond acceptors (Lipinski definition) is 3. The number of anilines is 2. The van der Waals surface area contributed by atoms with Gasteiger partial charge < -0.3 is 16.0 Å². The Bertz CT molecular complexity index is 567. The van der Waals surface area contributed by atoms with Gasteiger partial charge in [0.15, 0.2) is 0 Å². The van der Waals surface area contributed by atoms with E-state index >= 15 is 0 Å². The maximum absolute atomic E-state index is 11.7. The summed E-state index contributed by atoms with van der Waals surface area (Å²) in [4.78, 5) is 23.2. The summed E-state index contributed by atoms with van der Waals surface area (Å²) >= 11 is 0. The van der Waals surface area contributed by atoms with Crippen LogP contribution in [0.3, 0.4) is 0 Å². The van der Waals surface area contributed by atoms with Gasteiger partial charge in [-0.1, -0.05) is 26.8 Å². The molecule has 0 saturated heterocycles. The van der Waals surface area contributed by atoms with E-state index in [2.05, 4.69) is 36.7 Å². The molecule has 2 amide bonds. The van der Waals surface area contributed by atoms with E-state index in [4.69, 9.17) is 0 Å². The molecule has 0 spiro atoms. The van der Waals surface area contributed by atoms with Crippen LogP contribution in [-0.2, 0) is 9.59 Å². The lowest BCUT2D eigenvalue weighted by molar-refractivity contribution is -0.123. The third-order valence-electron chi connectivity index (χ3n) is 4.23. The molecule has 3 N–H and O–H groups in total. The lowest BCUT2D eigenvalue weighted by Crippen LogP contribution is -2.31. The summed E-state index contributed by atoms with van der Waals surface area (Å²) in [6, 6.07) is 5.96. The molecular formula is C16H23N3O2. The number of nitrogens with one attached hydrogen (secondary N) is 3. The second kappa shape index (κ2) is 5.85. The van der Waals surface area contributed by atoms with Gasteiger partial charge in [-0.15, -0.1) is 0 Å². The number of carbonyl (C=O) groups is 2. The van der Waals surface area contributed by atoms with E-state index in [0.717, 1.165) is 12.0 Å². The van der Waals surface area contributed by atoms with Gasteiger partial charge in [0.05, 0.1) is 11.4 Å². The first kappa shape index (κ1) is 15.5. The van der Waals surface area contributed by atoms with Gasteiger partial charge >= 0.3 is 0 Å². The minimum Gasteiger partial charge on any atom is -0.324 e. The van der Waals surface area contributed by atoms with Crippen LogP contribution in [0.4, 0.5) is 11.4 Å². The number of carbonyl (C=O) groups excluding carboxylic acids is 2. The first-order chi connectivity index (χ1) is 9.87. The molecule has 0 fully saturated rings. The van der Waals surface area contributed by atoms with E-state index in [1.165, 1.54) is 0 Å². The van der Waals surface area contributed by atoms with Crippen molar-refractivity contribution in [2.45, 2.75) is 39.7 Å². The van der Waals surface area contributed by atoms with Crippen molar-refractivity contribution in [3.8, 4) is 0 Å². The van der Waals surface area contributed by atoms with Crippen LogP contribution in [0.2, 0.25) is 0 Å². The topological polar surface area (TPSA) is 70.2 Å². The Morgan fingerprint density at radius 1 is 1.19 bits per heavy atom. The molecule has 5 heteroatoms. The maximum atomic E-state index is 11.7. The van der Waals surface area contributed by atoms with Crippen LogP contribution in [0.5, 0.6) is 0 Å². The highest BCUT2D eigenvalue weighted by Crippen LogP contribution is 2.38. The molecule has 2 rings (SSSR count). The second-order valence-corrected chi connectivity index (χ2v) is 6.14. The van der Waals surface area contributed by atoms with E-state index in [1.807, 2.05) is 25.2 Å². The number of fused-ring (bicyclic) bond motifs is 1. The molecule has 1 unspecified atom stereocenters. The summed E-state index contributed by atoms with van der Waals surface area (Å²) in [6.07, 6.45) is 0.888. The van der Waals surface area contributed by atoms with Crippen molar-refractivity contribution >= 4 is 23.2 Å². The fraction of sp³-hybridized carbons (Fsp3) is 0.500. The lowest BCUT2D eigenvalue weighted by atomic mass is 9.78. The van der Waals surface area contributed by atoms with E-state index in [-0.39, 0.29) is 29.7 Å². The van der Waals surface area contributed by atoms with Crippen molar-refractivity contribution in [3.05, 3.63) is 23.8 Å². The standard InChI is InChI=1S/C16H23N3O2/c1-5-16(2,3)15(17-4)10-6-7-11-12(8-10)19-14(21)9-13(20)18-11/h6-8,15,17H,5,9H2,1-4H3,(H,18,20)(H,19,21). The Morgan fingerprint density at radius 2 is 1.81 bits per heavy atom. The SMILES string of the molecule is CCC(C)(C)C(NC)c1ccc2c(c1)NC(=O)CC(=O)N2. The first-order valence-electron chi connectivity index (χ1n) is 7.28. The van der Waals surface area contributed by atoms with Gasteiger partial charge in [0.2, 0.25) is 11.8 Å². The molecule has 0 bridgehead atoms. The molecule has 1 heterocycles. The third-order valence-corrected chi connectivity index (χ3v) is 4.23. The van der Waals surface area contributed by atoms with Crippen molar-refractivity contribution in [1.82, 2.24) is 5.32 Å². The van der Waals surface area contributed by atoms with Crippen molar-refractivity contribution in [3.63, 3.8) is 0 Å². The molecule has 0 saturated carbocycles. The first-order valence-corrected chi connectivity index (χ1v) is 7.28. The highest BCUT2D eigenvalue weighted by molar-refractivity contribution is 6.13. The van der Waals surface area contributed by atoms with Crippen molar-refractivity contribution < 1.29 is 9.59 Å². The van der Waals surface area contributed by atoms with Gasteiger partial charge in [-0.25, -0.2) is 0 Å².